The molecule has 2 aromatic heterocycles. The Kier molecular flexibility index (Phi) is 4.55. The summed E-state index contributed by atoms with van der Waals surface area (Å²) < 4.78 is 0.958. The van der Waals surface area contributed by atoms with Crippen molar-refractivity contribution in [1.82, 2.24) is 20.2 Å². The molecule has 110 valence electrons. The van der Waals surface area contributed by atoms with E-state index in [1.807, 2.05) is 36.4 Å². The van der Waals surface area contributed by atoms with Crippen molar-refractivity contribution in [3.05, 3.63) is 65.0 Å². The zero-order valence-corrected chi connectivity index (χ0v) is 13.2. The molecular weight excluding hydrogens is 344 g/mol. The van der Waals surface area contributed by atoms with Crippen molar-refractivity contribution in [2.24, 2.45) is 0 Å². The van der Waals surface area contributed by atoms with Crippen LogP contribution in [0.4, 0.5) is 17.5 Å². The van der Waals surface area contributed by atoms with E-state index < -0.39 is 0 Å². The van der Waals surface area contributed by atoms with Crippen LogP contribution in [0.1, 0.15) is 5.56 Å². The van der Waals surface area contributed by atoms with Crippen molar-refractivity contribution in [2.75, 3.05) is 10.6 Å². The average Bonchev–Trinajstić information content (AvgIpc) is 2.57. The predicted octanol–water partition coefficient (Wildman–Crippen LogP) is 3.38. The highest BCUT2D eigenvalue weighted by atomic mass is 79.9. The first-order valence-electron chi connectivity index (χ1n) is 6.65. The minimum Gasteiger partial charge on any atom is -0.349 e. The van der Waals surface area contributed by atoms with Crippen LogP contribution in [0.2, 0.25) is 0 Å². The molecule has 3 rings (SSSR count). The first-order chi connectivity index (χ1) is 10.8. The first-order valence-corrected chi connectivity index (χ1v) is 7.44. The van der Waals surface area contributed by atoms with E-state index in [1.54, 1.807) is 18.6 Å². The van der Waals surface area contributed by atoms with E-state index in [0.29, 0.717) is 18.3 Å². The lowest BCUT2D eigenvalue weighted by atomic mass is 10.3. The van der Waals surface area contributed by atoms with Crippen LogP contribution in [0.15, 0.2) is 59.5 Å². The Morgan fingerprint density at radius 2 is 1.86 bits per heavy atom. The molecular formula is C15H13BrN6. The fourth-order valence-electron chi connectivity index (χ4n) is 1.82. The number of nitrogens with one attached hydrogen (secondary N) is 2. The van der Waals surface area contributed by atoms with E-state index in [2.05, 4.69) is 46.7 Å². The molecule has 0 amide bonds. The van der Waals surface area contributed by atoms with Crippen molar-refractivity contribution in [2.45, 2.75) is 6.54 Å². The summed E-state index contributed by atoms with van der Waals surface area (Å²) in [6.45, 7) is 0.614. The van der Waals surface area contributed by atoms with Gasteiger partial charge in [0.2, 0.25) is 5.95 Å². The molecule has 0 saturated heterocycles. The molecule has 0 atom stereocenters. The number of benzene rings is 1. The van der Waals surface area contributed by atoms with Crippen LogP contribution >= 0.6 is 15.9 Å². The zero-order valence-electron chi connectivity index (χ0n) is 11.6. The summed E-state index contributed by atoms with van der Waals surface area (Å²) in [5.74, 6) is 1.09. The number of nitrogens with zero attached hydrogens (tertiary/aromatic N) is 4. The number of anilines is 3. The number of aromatic nitrogens is 4. The van der Waals surface area contributed by atoms with E-state index in [4.69, 9.17) is 0 Å². The second kappa shape index (κ2) is 6.95. The second-order valence-corrected chi connectivity index (χ2v) is 5.33. The summed E-state index contributed by atoms with van der Waals surface area (Å²) in [6, 6.07) is 11.7. The van der Waals surface area contributed by atoms with E-state index >= 15 is 0 Å². The minimum atomic E-state index is 0.467. The summed E-state index contributed by atoms with van der Waals surface area (Å²) in [5, 5.41) is 14.3. The monoisotopic (exact) mass is 356 g/mol. The van der Waals surface area contributed by atoms with E-state index in [9.17, 15) is 0 Å². The van der Waals surface area contributed by atoms with E-state index in [-0.39, 0.29) is 0 Å². The first kappa shape index (κ1) is 14.4. The summed E-state index contributed by atoms with van der Waals surface area (Å²) >= 11 is 3.49. The normalized spacial score (nSPS) is 10.2. The van der Waals surface area contributed by atoms with Crippen LogP contribution in [-0.2, 0) is 6.54 Å². The fraction of sp³-hybridized carbons (Fsp3) is 0.0667. The van der Waals surface area contributed by atoms with Gasteiger partial charge in [0, 0.05) is 23.4 Å². The number of hydrogen-bond donors (Lipinski definition) is 2. The Labute approximate surface area is 136 Å². The molecule has 0 aliphatic heterocycles. The second-order valence-electron chi connectivity index (χ2n) is 4.48. The third-order valence-electron chi connectivity index (χ3n) is 2.90. The van der Waals surface area contributed by atoms with Crippen LogP contribution < -0.4 is 10.6 Å². The summed E-state index contributed by atoms with van der Waals surface area (Å²) in [5.41, 5.74) is 2.02. The molecule has 22 heavy (non-hydrogen) atoms. The molecule has 6 nitrogen and oxygen atoms in total. The minimum absolute atomic E-state index is 0.467. The molecule has 0 aliphatic carbocycles. The summed E-state index contributed by atoms with van der Waals surface area (Å²) in [6.07, 6.45) is 5.08. The van der Waals surface area contributed by atoms with Gasteiger partial charge in [-0.05, 0) is 45.8 Å². The van der Waals surface area contributed by atoms with Gasteiger partial charge in [-0.15, -0.1) is 5.10 Å². The van der Waals surface area contributed by atoms with Gasteiger partial charge in [-0.3, -0.25) is 4.98 Å². The molecule has 0 aliphatic rings. The molecule has 0 fully saturated rings. The molecule has 2 heterocycles. The van der Waals surface area contributed by atoms with Crippen LogP contribution in [0, 0.1) is 0 Å². The number of para-hydroxylation sites is 1. The highest BCUT2D eigenvalue weighted by Crippen LogP contribution is 2.24. The fourth-order valence-corrected chi connectivity index (χ4v) is 2.20. The SMILES string of the molecule is Brc1ccccc1Nc1cnnc(NCc2ccncc2)n1. The van der Waals surface area contributed by atoms with Gasteiger partial charge in [0.15, 0.2) is 5.82 Å². The maximum atomic E-state index is 4.39. The molecule has 1 aromatic carbocycles. The zero-order chi connectivity index (χ0) is 15.2. The Balaban J connectivity index is 1.69. The van der Waals surface area contributed by atoms with Gasteiger partial charge >= 0.3 is 0 Å². The number of halogens is 1. The average molecular weight is 357 g/mol. The third-order valence-corrected chi connectivity index (χ3v) is 3.59. The van der Waals surface area contributed by atoms with Gasteiger partial charge in [-0.25, -0.2) is 0 Å². The van der Waals surface area contributed by atoms with Gasteiger partial charge in [0.1, 0.15) is 0 Å². The Morgan fingerprint density at radius 3 is 2.68 bits per heavy atom. The molecule has 2 N–H and O–H groups in total. The van der Waals surface area contributed by atoms with Crippen LogP contribution in [0.5, 0.6) is 0 Å². The Morgan fingerprint density at radius 1 is 1.05 bits per heavy atom. The highest BCUT2D eigenvalue weighted by molar-refractivity contribution is 9.10. The maximum Gasteiger partial charge on any atom is 0.244 e. The van der Waals surface area contributed by atoms with E-state index in [0.717, 1.165) is 15.7 Å². The van der Waals surface area contributed by atoms with Crippen molar-refractivity contribution < 1.29 is 0 Å². The van der Waals surface area contributed by atoms with Crippen molar-refractivity contribution >= 4 is 33.4 Å². The van der Waals surface area contributed by atoms with Crippen molar-refractivity contribution in [1.29, 1.82) is 0 Å². The number of rotatable bonds is 5. The lowest BCUT2D eigenvalue weighted by Gasteiger charge is -2.08. The third kappa shape index (κ3) is 3.76. The molecule has 0 spiro atoms. The van der Waals surface area contributed by atoms with Crippen molar-refractivity contribution in [3.63, 3.8) is 0 Å². The topological polar surface area (TPSA) is 75.6 Å². The van der Waals surface area contributed by atoms with Crippen molar-refractivity contribution in [3.8, 4) is 0 Å². The summed E-state index contributed by atoms with van der Waals surface area (Å²) in [7, 11) is 0. The molecule has 7 heteroatoms. The van der Waals surface area contributed by atoms with Crippen LogP contribution in [0.25, 0.3) is 0 Å². The largest absolute Gasteiger partial charge is 0.349 e. The van der Waals surface area contributed by atoms with Gasteiger partial charge in [-0.2, -0.15) is 10.1 Å². The van der Waals surface area contributed by atoms with Crippen LogP contribution in [0.3, 0.4) is 0 Å². The molecule has 0 bridgehead atoms. The van der Waals surface area contributed by atoms with Gasteiger partial charge in [-0.1, -0.05) is 12.1 Å². The molecule has 0 radical (unpaired) electrons. The predicted molar refractivity (Wildman–Crippen MR) is 88.8 cm³/mol. The lowest BCUT2D eigenvalue weighted by Crippen LogP contribution is -2.06. The van der Waals surface area contributed by atoms with Gasteiger partial charge < -0.3 is 10.6 Å². The highest BCUT2D eigenvalue weighted by Gasteiger charge is 2.03. The lowest BCUT2D eigenvalue weighted by molar-refractivity contribution is 0.947. The Hall–Kier alpha value is -2.54. The number of hydrogen-bond acceptors (Lipinski definition) is 6. The van der Waals surface area contributed by atoms with Gasteiger partial charge in [0.25, 0.3) is 0 Å². The standard InChI is InChI=1S/C15H13BrN6/c16-12-3-1-2-4-13(12)20-14-10-19-22-15(21-14)18-9-11-5-7-17-8-6-11/h1-8,10H,9H2,(H2,18,20,21,22). The molecule has 0 saturated carbocycles. The molecule has 3 aromatic rings. The molecule has 0 unspecified atom stereocenters. The van der Waals surface area contributed by atoms with Gasteiger partial charge in [0.05, 0.1) is 11.9 Å². The summed E-state index contributed by atoms with van der Waals surface area (Å²) in [4.78, 5) is 8.38. The number of pyridine rings is 1. The smallest absolute Gasteiger partial charge is 0.244 e. The van der Waals surface area contributed by atoms with Crippen LogP contribution in [-0.4, -0.2) is 20.2 Å². The maximum absolute atomic E-state index is 4.39. The quantitative estimate of drug-likeness (QED) is 0.729. The Bertz CT molecular complexity index is 750. The van der Waals surface area contributed by atoms with E-state index in [1.165, 1.54) is 0 Å².